The second-order valence-electron chi connectivity index (χ2n) is 14.4. The van der Waals surface area contributed by atoms with Gasteiger partial charge in [0, 0.05) is 11.1 Å². The van der Waals surface area contributed by atoms with E-state index in [-0.39, 0.29) is 4.90 Å². The first kappa shape index (κ1) is 32.5. The monoisotopic (exact) mass is 639 g/mol. The summed E-state index contributed by atoms with van der Waals surface area (Å²) < 4.78 is 29.4. The summed E-state index contributed by atoms with van der Waals surface area (Å²) in [7, 11) is -3.82. The predicted octanol–water partition coefficient (Wildman–Crippen LogP) is 8.33. The molecular formula is C38H49N5O2S. The number of nitrogens with two attached hydrogens (primary N) is 1. The number of rotatable bonds is 7. The molecule has 0 radical (unpaired) electrons. The van der Waals surface area contributed by atoms with E-state index in [2.05, 4.69) is 89.6 Å². The molecule has 3 heterocycles. The molecule has 0 amide bonds. The number of primary sulfonamides is 1. The van der Waals surface area contributed by atoms with E-state index < -0.39 is 15.6 Å². The molecule has 0 saturated heterocycles. The fourth-order valence-electron chi connectivity index (χ4n) is 8.79. The van der Waals surface area contributed by atoms with E-state index in [1.807, 2.05) is 12.1 Å². The van der Waals surface area contributed by atoms with Crippen molar-refractivity contribution < 1.29 is 8.42 Å². The maximum absolute atomic E-state index is 12.3. The summed E-state index contributed by atoms with van der Waals surface area (Å²) in [5.74, 6) is 1.19. The molecule has 3 aromatic heterocycles. The molecule has 1 aliphatic rings. The molecule has 2 aromatic carbocycles. The highest BCUT2D eigenvalue weighted by Gasteiger charge is 2.49. The zero-order valence-electron chi connectivity index (χ0n) is 28.9. The number of aromatic nitrogens is 4. The van der Waals surface area contributed by atoms with Gasteiger partial charge >= 0.3 is 0 Å². The average Bonchev–Trinajstić information content (AvgIpc) is 3.50. The maximum Gasteiger partial charge on any atom is 0.238 e. The smallest absolute Gasteiger partial charge is 0.238 e. The van der Waals surface area contributed by atoms with Gasteiger partial charge in [0.25, 0.3) is 0 Å². The number of benzene rings is 2. The van der Waals surface area contributed by atoms with Gasteiger partial charge in [-0.25, -0.2) is 18.5 Å². The van der Waals surface area contributed by atoms with E-state index in [1.165, 1.54) is 27.9 Å². The van der Waals surface area contributed by atoms with E-state index in [4.69, 9.17) is 15.2 Å². The van der Waals surface area contributed by atoms with Crippen LogP contribution < -0.4 is 5.14 Å². The molecule has 1 aliphatic carbocycles. The van der Waals surface area contributed by atoms with Crippen LogP contribution in [0.4, 0.5) is 0 Å². The van der Waals surface area contributed by atoms with Crippen molar-refractivity contribution in [3.63, 3.8) is 0 Å². The summed E-state index contributed by atoms with van der Waals surface area (Å²) in [5, 5.41) is 12.0. The largest absolute Gasteiger partial charge is 0.319 e. The van der Waals surface area contributed by atoms with Crippen molar-refractivity contribution in [2.24, 2.45) is 22.9 Å². The third-order valence-corrected chi connectivity index (χ3v) is 11.4. The molecule has 5 aromatic rings. The quantitative estimate of drug-likeness (QED) is 0.194. The lowest BCUT2D eigenvalue weighted by molar-refractivity contribution is 0.0780. The third-order valence-electron chi connectivity index (χ3n) is 10.5. The lowest BCUT2D eigenvalue weighted by Gasteiger charge is -2.51. The minimum Gasteiger partial charge on any atom is -0.319 e. The van der Waals surface area contributed by atoms with Crippen LogP contribution in [0, 0.1) is 52.4 Å². The minimum absolute atomic E-state index is 0.140. The highest BCUT2D eigenvalue weighted by molar-refractivity contribution is 7.89. The van der Waals surface area contributed by atoms with Gasteiger partial charge < -0.3 is 4.57 Å². The number of hydrogen-bond donors (Lipinski definition) is 1. The van der Waals surface area contributed by atoms with Gasteiger partial charge in [-0.15, -0.1) is 0 Å². The zero-order valence-corrected chi connectivity index (χ0v) is 29.7. The lowest BCUT2D eigenvalue weighted by atomic mass is 9.61. The van der Waals surface area contributed by atoms with Crippen LogP contribution in [0.25, 0.3) is 27.8 Å². The van der Waals surface area contributed by atoms with Crippen LogP contribution in [0.5, 0.6) is 0 Å². The molecule has 0 bridgehead atoms. The maximum atomic E-state index is 12.3. The summed E-state index contributed by atoms with van der Waals surface area (Å²) in [6, 6.07) is 14.2. The van der Waals surface area contributed by atoms with Crippen molar-refractivity contribution in [2.45, 2.75) is 105 Å². The third kappa shape index (κ3) is 5.09. The van der Waals surface area contributed by atoms with Crippen LogP contribution in [0.1, 0.15) is 92.7 Å². The molecule has 3 unspecified atom stereocenters. The van der Waals surface area contributed by atoms with Gasteiger partial charge in [0.2, 0.25) is 10.0 Å². The Bertz CT molecular complexity index is 2050. The Kier molecular flexibility index (Phi) is 8.21. The topological polar surface area (TPSA) is 95.3 Å². The van der Waals surface area contributed by atoms with Gasteiger partial charge in [0.1, 0.15) is 5.65 Å². The van der Waals surface area contributed by atoms with E-state index in [0.29, 0.717) is 17.8 Å². The summed E-state index contributed by atoms with van der Waals surface area (Å²) in [6.45, 7) is 20.0. The minimum atomic E-state index is -3.82. The van der Waals surface area contributed by atoms with Gasteiger partial charge in [0.15, 0.2) is 5.65 Å². The predicted molar refractivity (Wildman–Crippen MR) is 188 cm³/mol. The normalized spacial score (nSPS) is 20.8. The molecule has 1 saturated carbocycles. The van der Waals surface area contributed by atoms with E-state index in [9.17, 15) is 8.42 Å². The molecule has 46 heavy (non-hydrogen) atoms. The molecule has 8 heteroatoms. The van der Waals surface area contributed by atoms with Crippen LogP contribution in [0.2, 0.25) is 0 Å². The average molecular weight is 640 g/mol. The van der Waals surface area contributed by atoms with Gasteiger partial charge in [-0.2, -0.15) is 9.61 Å². The van der Waals surface area contributed by atoms with Crippen molar-refractivity contribution in [3.8, 4) is 11.1 Å². The Morgan fingerprint density at radius 2 is 1.61 bits per heavy atom. The molecule has 244 valence electrons. The van der Waals surface area contributed by atoms with Crippen molar-refractivity contribution in [3.05, 3.63) is 81.8 Å². The number of aryl methyl sites for hydroxylation is 6. The first-order valence-corrected chi connectivity index (χ1v) is 18.4. The summed E-state index contributed by atoms with van der Waals surface area (Å²) in [4.78, 5) is 5.41. The molecule has 2 N–H and O–H groups in total. The fourth-order valence-corrected chi connectivity index (χ4v) is 9.30. The molecule has 0 aliphatic heterocycles. The van der Waals surface area contributed by atoms with Crippen LogP contribution in [-0.2, 0) is 22.0 Å². The molecule has 1 fully saturated rings. The molecule has 7 nitrogen and oxygen atoms in total. The lowest BCUT2D eigenvalue weighted by Crippen LogP contribution is -2.49. The van der Waals surface area contributed by atoms with Crippen LogP contribution >= 0.6 is 0 Å². The Labute approximate surface area is 274 Å². The Balaban J connectivity index is 1.78. The number of fused-ring (bicyclic) bond motifs is 3. The number of hydrogen-bond acceptors (Lipinski definition) is 4. The highest BCUT2D eigenvalue weighted by atomic mass is 32.2. The van der Waals surface area contributed by atoms with Crippen molar-refractivity contribution >= 4 is 26.7 Å². The molecule has 0 spiro atoms. The van der Waals surface area contributed by atoms with Crippen molar-refractivity contribution in [2.75, 3.05) is 0 Å². The molecule has 3 atom stereocenters. The summed E-state index contributed by atoms with van der Waals surface area (Å²) >= 11 is 0. The summed E-state index contributed by atoms with van der Waals surface area (Å²) in [6.07, 6.45) is 5.10. The van der Waals surface area contributed by atoms with Crippen LogP contribution in [-0.4, -0.2) is 27.6 Å². The van der Waals surface area contributed by atoms with Gasteiger partial charge in [0.05, 0.1) is 27.4 Å². The fraction of sp³-hybridized carbons (Fsp3) is 0.474. The Morgan fingerprint density at radius 1 is 0.957 bits per heavy atom. The van der Waals surface area contributed by atoms with Gasteiger partial charge in [-0.3, -0.25) is 0 Å². The van der Waals surface area contributed by atoms with Crippen LogP contribution in [0.15, 0.2) is 47.4 Å². The van der Waals surface area contributed by atoms with Gasteiger partial charge in [-0.1, -0.05) is 70.4 Å². The first-order valence-electron chi connectivity index (χ1n) is 16.8. The standard InChI is InChI=1S/C38H49N5O2S/c1-10-11-30-20-32-27(8)40-36-35(34-25(6)18-24(5)19-26(34)7)28(9)41-43(36)37(32)42(30)38(21-23(4)12-17-33(38)22(2)3)29-13-15-31(16-14-29)46(39,44)45/h13-16,18-20,22-23,33H,10-12,17,21H2,1-9H3,(H2,39,44,45). The second kappa shape index (κ2) is 11.6. The molecular weight excluding hydrogens is 591 g/mol. The SMILES string of the molecule is CCCc1cc2c(C)nc3c(-c4c(C)cc(C)cc4C)c(C)nn3c2n1C1(c2ccc(S(N)(=O)=O)cc2)CC(C)CCC1C(C)C. The second-order valence-corrected chi connectivity index (χ2v) is 15.9. The first-order chi connectivity index (χ1) is 21.7. The van der Waals surface area contributed by atoms with E-state index >= 15 is 0 Å². The highest BCUT2D eigenvalue weighted by Crippen LogP contribution is 2.52. The number of nitrogens with zero attached hydrogens (tertiary/aromatic N) is 4. The van der Waals surface area contributed by atoms with Crippen LogP contribution in [0.3, 0.4) is 0 Å². The zero-order chi connectivity index (χ0) is 33.3. The Morgan fingerprint density at radius 3 is 2.20 bits per heavy atom. The van der Waals surface area contributed by atoms with Gasteiger partial charge in [-0.05, 0) is 112 Å². The number of sulfonamides is 1. The Hall–Kier alpha value is -3.49. The van der Waals surface area contributed by atoms with E-state index in [0.717, 1.165) is 71.3 Å². The summed E-state index contributed by atoms with van der Waals surface area (Å²) in [5.41, 5.74) is 11.9. The molecule has 6 rings (SSSR count). The van der Waals surface area contributed by atoms with Crippen molar-refractivity contribution in [1.82, 2.24) is 19.2 Å². The van der Waals surface area contributed by atoms with E-state index in [1.54, 1.807) is 12.1 Å². The van der Waals surface area contributed by atoms with Crippen molar-refractivity contribution in [1.29, 1.82) is 0 Å².